The van der Waals surface area contributed by atoms with E-state index in [1.165, 1.54) is 25.7 Å². The van der Waals surface area contributed by atoms with E-state index in [9.17, 15) is 16.8 Å². The molecule has 9 heterocycles. The first-order chi connectivity index (χ1) is 32.9. The summed E-state index contributed by atoms with van der Waals surface area (Å²) in [5, 5.41) is 9.88. The Morgan fingerprint density at radius 3 is 1.94 bits per heavy atom. The first kappa shape index (κ1) is 47.0. The van der Waals surface area contributed by atoms with Crippen LogP contribution in [0.5, 0.6) is 0 Å². The highest BCUT2D eigenvalue weighted by atomic mass is 35.5. The van der Waals surface area contributed by atoms with E-state index < -0.39 is 19.7 Å². The zero-order chi connectivity index (χ0) is 47.3. The van der Waals surface area contributed by atoms with Crippen molar-refractivity contribution in [3.05, 3.63) is 119 Å². The van der Waals surface area contributed by atoms with Crippen LogP contribution in [0, 0.1) is 0 Å². The third-order valence-electron chi connectivity index (χ3n) is 12.6. The number of fused-ring (bicyclic) bond motifs is 3. The van der Waals surface area contributed by atoms with Gasteiger partial charge in [-0.15, -0.1) is 0 Å². The number of nitrogens with zero attached hydrogens (tertiary/aromatic N) is 9. The third-order valence-corrected chi connectivity index (χ3v) is 16.1. The molecule has 2 saturated carbocycles. The van der Waals surface area contributed by atoms with E-state index in [4.69, 9.17) is 33.9 Å². The Balaban J connectivity index is 0.000000140. The molecule has 2 aliphatic heterocycles. The number of rotatable bonds is 8. The SMILES string of the molecule is Nc1ncc(-c2ccncc2Cl)c(NC2CCCC2)n1.O=S1(=O)CC=C(c2ccc(Cl)nc2)CC1.O=S1(=O)CC=C(c2ccc(Nc3ncc4c5ccncc5n(C5CCCC5)c4n3)nc2)CC1. The van der Waals surface area contributed by atoms with Gasteiger partial charge in [-0.1, -0.05) is 67.1 Å². The summed E-state index contributed by atoms with van der Waals surface area (Å²) in [6, 6.07) is 12.2. The molecule has 16 nitrogen and oxygen atoms in total. The number of aromatic nitrogens is 9. The van der Waals surface area contributed by atoms with Crippen molar-refractivity contribution in [2.45, 2.75) is 76.3 Å². The van der Waals surface area contributed by atoms with Crippen LogP contribution in [-0.2, 0) is 19.7 Å². The van der Waals surface area contributed by atoms with Crippen LogP contribution in [0.1, 0.15) is 81.4 Å². The summed E-state index contributed by atoms with van der Waals surface area (Å²) in [5.74, 6) is 2.80. The molecule has 0 spiro atoms. The molecule has 0 bridgehead atoms. The third kappa shape index (κ3) is 11.3. The number of nitrogens with two attached hydrogens (primary N) is 1. The standard InChI is InChI=1S/C24H24N6O2S.C14H16ClN5.C10H10ClNO2S/c31-33(32)11-8-16(9-12-33)17-5-6-22(26-13-17)28-24-27-14-20-19-7-10-25-15-21(19)30(23(20)29-24)18-3-1-2-4-18;15-12-8-17-6-5-10(12)11-7-18-14(16)20-13(11)19-9-3-1-2-4-9;11-10-2-1-9(7-12-10)8-3-5-15(13,14)6-4-8/h5-8,10,13-15,18H,1-4,9,11-12H2,(H,26,27,28,29);5-9H,1-4H2,(H3,16,18,19,20);1-3,7H,4-6H2. The molecule has 4 aliphatic rings. The minimum atomic E-state index is -2.94. The van der Waals surface area contributed by atoms with Gasteiger partial charge in [0.05, 0.1) is 39.7 Å². The summed E-state index contributed by atoms with van der Waals surface area (Å²) in [7, 11) is -5.80. The second kappa shape index (κ2) is 20.6. The molecule has 7 aromatic rings. The number of allylic oxidation sites excluding steroid dienone is 2. The number of pyridine rings is 4. The molecular formula is C48H50Cl2N12O4S2. The molecule has 2 fully saturated rings. The van der Waals surface area contributed by atoms with E-state index in [1.807, 2.05) is 48.9 Å². The maximum atomic E-state index is 11.7. The highest BCUT2D eigenvalue weighted by Crippen LogP contribution is 2.38. The summed E-state index contributed by atoms with van der Waals surface area (Å²) >= 11 is 11.9. The topological polar surface area (TPSA) is 226 Å². The predicted molar refractivity (Wildman–Crippen MR) is 270 cm³/mol. The van der Waals surface area contributed by atoms with Crippen LogP contribution in [0.4, 0.5) is 23.5 Å². The average Bonchev–Trinajstić information content (AvgIpc) is 4.13. The highest BCUT2D eigenvalue weighted by molar-refractivity contribution is 7.91. The fraction of sp³-hybridized carbons (Fsp3) is 0.333. The van der Waals surface area contributed by atoms with Crippen LogP contribution >= 0.6 is 23.2 Å². The summed E-state index contributed by atoms with van der Waals surface area (Å²) in [6.07, 6.45) is 28.3. The van der Waals surface area contributed by atoms with Gasteiger partial charge in [0.2, 0.25) is 11.9 Å². The van der Waals surface area contributed by atoms with Gasteiger partial charge >= 0.3 is 0 Å². The second-order valence-electron chi connectivity index (χ2n) is 17.2. The molecule has 0 unspecified atom stereocenters. The Morgan fingerprint density at radius 2 is 1.31 bits per heavy atom. The van der Waals surface area contributed by atoms with E-state index in [1.54, 1.807) is 49.2 Å². The summed E-state index contributed by atoms with van der Waals surface area (Å²) < 4.78 is 48.0. The summed E-state index contributed by atoms with van der Waals surface area (Å²) in [5.41, 5.74) is 13.4. The Kier molecular flexibility index (Phi) is 14.3. The number of anilines is 4. The average molecular weight is 994 g/mol. The zero-order valence-electron chi connectivity index (χ0n) is 37.1. The highest BCUT2D eigenvalue weighted by Gasteiger charge is 2.24. The van der Waals surface area contributed by atoms with Crippen molar-refractivity contribution < 1.29 is 16.8 Å². The molecular weight excluding hydrogens is 944 g/mol. The Morgan fingerprint density at radius 1 is 0.647 bits per heavy atom. The minimum absolute atomic E-state index is 0.0979. The van der Waals surface area contributed by atoms with Gasteiger partial charge in [0.15, 0.2) is 19.7 Å². The molecule has 4 N–H and O–H groups in total. The molecule has 2 aliphatic carbocycles. The molecule has 11 rings (SSSR count). The van der Waals surface area contributed by atoms with Crippen LogP contribution in [0.25, 0.3) is 44.2 Å². The van der Waals surface area contributed by atoms with Crippen LogP contribution in [0.15, 0.2) is 98.1 Å². The normalized spacial score (nSPS) is 17.9. The predicted octanol–water partition coefficient (Wildman–Crippen LogP) is 9.50. The van der Waals surface area contributed by atoms with Crippen LogP contribution in [-0.4, -0.2) is 90.3 Å². The van der Waals surface area contributed by atoms with Crippen LogP contribution < -0.4 is 16.4 Å². The van der Waals surface area contributed by atoms with E-state index in [0.717, 1.165) is 86.8 Å². The van der Waals surface area contributed by atoms with E-state index in [2.05, 4.69) is 50.1 Å². The maximum Gasteiger partial charge on any atom is 0.230 e. The number of halogens is 2. The quantitative estimate of drug-likeness (QED) is 0.121. The van der Waals surface area contributed by atoms with Gasteiger partial charge in [0, 0.05) is 77.4 Å². The van der Waals surface area contributed by atoms with Gasteiger partial charge in [0.25, 0.3) is 0 Å². The molecule has 0 saturated heterocycles. The van der Waals surface area contributed by atoms with Crippen molar-refractivity contribution in [3.8, 4) is 11.1 Å². The summed E-state index contributed by atoms with van der Waals surface area (Å²) in [4.78, 5) is 34.7. The molecule has 0 amide bonds. The molecule has 352 valence electrons. The van der Waals surface area contributed by atoms with Crippen LogP contribution in [0.3, 0.4) is 0 Å². The lowest BCUT2D eigenvalue weighted by atomic mass is 10.1. The Labute approximate surface area is 404 Å². The van der Waals surface area contributed by atoms with Crippen molar-refractivity contribution in [1.82, 2.24) is 44.4 Å². The second-order valence-corrected chi connectivity index (χ2v) is 22.5. The number of hydrogen-bond acceptors (Lipinski definition) is 15. The van der Waals surface area contributed by atoms with Gasteiger partial charge in [-0.2, -0.15) is 9.97 Å². The summed E-state index contributed by atoms with van der Waals surface area (Å²) in [6.45, 7) is 0. The van der Waals surface area contributed by atoms with Gasteiger partial charge in [-0.3, -0.25) is 9.97 Å². The molecule has 0 aromatic carbocycles. The fourth-order valence-corrected chi connectivity index (χ4v) is 11.7. The van der Waals surface area contributed by atoms with Crippen LogP contribution in [0.2, 0.25) is 10.2 Å². The minimum Gasteiger partial charge on any atom is -0.368 e. The first-order valence-corrected chi connectivity index (χ1v) is 27.0. The first-order valence-electron chi connectivity index (χ1n) is 22.6. The molecule has 0 atom stereocenters. The Hall–Kier alpha value is -6.08. The number of sulfone groups is 2. The van der Waals surface area contributed by atoms with E-state index >= 15 is 0 Å². The Bertz CT molecular complexity index is 3230. The molecule has 20 heteroatoms. The van der Waals surface area contributed by atoms with Gasteiger partial charge in [0.1, 0.15) is 22.4 Å². The van der Waals surface area contributed by atoms with Gasteiger partial charge in [-0.25, -0.2) is 36.8 Å². The smallest absolute Gasteiger partial charge is 0.230 e. The molecule has 68 heavy (non-hydrogen) atoms. The lowest BCUT2D eigenvalue weighted by molar-refractivity contribution is 0.546. The fourth-order valence-electron chi connectivity index (χ4n) is 9.04. The van der Waals surface area contributed by atoms with Gasteiger partial charge in [-0.05, 0) is 91.1 Å². The van der Waals surface area contributed by atoms with Crippen molar-refractivity contribution in [1.29, 1.82) is 0 Å². The monoisotopic (exact) mass is 992 g/mol. The maximum absolute atomic E-state index is 11.7. The number of nitrogens with one attached hydrogen (secondary N) is 2. The van der Waals surface area contributed by atoms with E-state index in [0.29, 0.717) is 46.9 Å². The molecule has 7 aromatic heterocycles. The zero-order valence-corrected chi connectivity index (χ0v) is 40.2. The lowest BCUT2D eigenvalue weighted by Crippen LogP contribution is -2.17. The number of nitrogen functional groups attached to an aromatic ring is 1. The van der Waals surface area contributed by atoms with Crippen molar-refractivity contribution in [3.63, 3.8) is 0 Å². The van der Waals surface area contributed by atoms with Crippen molar-refractivity contribution in [2.75, 3.05) is 39.4 Å². The van der Waals surface area contributed by atoms with Gasteiger partial charge < -0.3 is 20.9 Å². The van der Waals surface area contributed by atoms with Crippen molar-refractivity contribution in [2.24, 2.45) is 0 Å². The number of hydrogen-bond donors (Lipinski definition) is 3. The largest absolute Gasteiger partial charge is 0.368 e. The molecule has 0 radical (unpaired) electrons. The lowest BCUT2D eigenvalue weighted by Gasteiger charge is -2.16. The van der Waals surface area contributed by atoms with Crippen molar-refractivity contribution >= 4 is 99.5 Å². The van der Waals surface area contributed by atoms with E-state index in [-0.39, 0.29) is 29.0 Å².